The van der Waals surface area contributed by atoms with Crippen molar-refractivity contribution >= 4 is 27.4 Å². The number of aryl methyl sites for hydroxylation is 1. The van der Waals surface area contributed by atoms with E-state index in [0.29, 0.717) is 19.3 Å². The summed E-state index contributed by atoms with van der Waals surface area (Å²) < 4.78 is 11.9. The topological polar surface area (TPSA) is 82.3 Å². The molecule has 0 aliphatic carbocycles. The minimum Gasteiger partial charge on any atom is -0.493 e. The first kappa shape index (κ1) is 21.3. The maximum Gasteiger partial charge on any atom is 0.183 e. The molecule has 0 saturated heterocycles. The van der Waals surface area contributed by atoms with Gasteiger partial charge in [-0.3, -0.25) is 0 Å². The molecule has 0 spiro atoms. The molecule has 7 heteroatoms. The lowest BCUT2D eigenvalue weighted by Gasteiger charge is -2.20. The molecule has 3 aromatic rings. The highest BCUT2D eigenvalue weighted by atomic mass is 32.1. The molecule has 3 rings (SSSR count). The Balaban J connectivity index is 2.06. The first-order chi connectivity index (χ1) is 13.7. The van der Waals surface area contributed by atoms with E-state index in [0.717, 1.165) is 44.5 Å². The van der Waals surface area contributed by atoms with Gasteiger partial charge in [0, 0.05) is 34.0 Å². The summed E-state index contributed by atoms with van der Waals surface area (Å²) in [6.45, 7) is 13.1. The van der Waals surface area contributed by atoms with E-state index in [1.165, 1.54) is 0 Å². The molecule has 0 amide bonds. The van der Waals surface area contributed by atoms with Gasteiger partial charge in [-0.25, -0.2) is 9.97 Å². The predicted molar refractivity (Wildman–Crippen MR) is 121 cm³/mol. The first-order valence-electron chi connectivity index (χ1n) is 9.89. The standard InChI is InChI=1S/C22H30N4O2S/c1-7-27-19-10-16(17-11-29-21(26-17)24-13(2)3)25-20-14(4)18(9-8-15(19)20)28-12-22(5,6)23/h8-11,13H,7,12,23H2,1-6H3,(H,24,26). The van der Waals surface area contributed by atoms with Crippen LogP contribution in [-0.2, 0) is 0 Å². The number of thiazole rings is 1. The van der Waals surface area contributed by atoms with Crippen molar-refractivity contribution in [3.05, 3.63) is 29.1 Å². The SMILES string of the molecule is CCOc1cc(-c2csc(NC(C)C)n2)nc2c(C)c(OCC(C)(C)N)ccc12. The molecule has 0 radical (unpaired) electrons. The lowest BCUT2D eigenvalue weighted by Crippen LogP contribution is -2.38. The van der Waals surface area contributed by atoms with Crippen LogP contribution in [0.5, 0.6) is 11.5 Å². The van der Waals surface area contributed by atoms with Crippen LogP contribution >= 0.6 is 11.3 Å². The van der Waals surface area contributed by atoms with Crippen molar-refractivity contribution in [1.82, 2.24) is 9.97 Å². The molecule has 0 aliphatic heterocycles. The molecule has 0 saturated carbocycles. The average Bonchev–Trinajstić information content (AvgIpc) is 3.08. The highest BCUT2D eigenvalue weighted by Crippen LogP contribution is 2.36. The lowest BCUT2D eigenvalue weighted by molar-refractivity contribution is 0.242. The number of fused-ring (bicyclic) bond motifs is 1. The van der Waals surface area contributed by atoms with Crippen LogP contribution in [0.3, 0.4) is 0 Å². The fourth-order valence-electron chi connectivity index (χ4n) is 2.91. The molecule has 0 bridgehead atoms. The van der Waals surface area contributed by atoms with Crippen molar-refractivity contribution < 1.29 is 9.47 Å². The van der Waals surface area contributed by atoms with Gasteiger partial charge in [-0.2, -0.15) is 0 Å². The van der Waals surface area contributed by atoms with Gasteiger partial charge < -0.3 is 20.5 Å². The summed E-state index contributed by atoms with van der Waals surface area (Å²) in [6.07, 6.45) is 0. The van der Waals surface area contributed by atoms with E-state index in [-0.39, 0.29) is 0 Å². The molecule has 0 unspecified atom stereocenters. The van der Waals surface area contributed by atoms with E-state index in [2.05, 4.69) is 19.2 Å². The van der Waals surface area contributed by atoms with Gasteiger partial charge >= 0.3 is 0 Å². The summed E-state index contributed by atoms with van der Waals surface area (Å²) in [6, 6.07) is 6.24. The van der Waals surface area contributed by atoms with E-state index < -0.39 is 5.54 Å². The van der Waals surface area contributed by atoms with Gasteiger partial charge in [-0.05, 0) is 53.7 Å². The Kier molecular flexibility index (Phi) is 6.29. The van der Waals surface area contributed by atoms with Crippen LogP contribution in [0.25, 0.3) is 22.3 Å². The third-order valence-electron chi connectivity index (χ3n) is 4.23. The molecule has 29 heavy (non-hydrogen) atoms. The molecule has 0 aliphatic rings. The van der Waals surface area contributed by atoms with Crippen LogP contribution in [0.2, 0.25) is 0 Å². The largest absolute Gasteiger partial charge is 0.493 e. The normalized spacial score (nSPS) is 11.9. The third kappa shape index (κ3) is 5.16. The third-order valence-corrected chi connectivity index (χ3v) is 5.00. The van der Waals surface area contributed by atoms with Gasteiger partial charge in [-0.1, -0.05) is 0 Å². The van der Waals surface area contributed by atoms with Gasteiger partial charge in [0.25, 0.3) is 0 Å². The summed E-state index contributed by atoms with van der Waals surface area (Å²) in [7, 11) is 0. The van der Waals surface area contributed by atoms with Crippen LogP contribution in [0.1, 0.15) is 40.2 Å². The number of benzene rings is 1. The predicted octanol–water partition coefficient (Wildman–Crippen LogP) is 5.00. The Morgan fingerprint density at radius 2 is 1.90 bits per heavy atom. The Morgan fingerprint density at radius 3 is 2.55 bits per heavy atom. The Hall–Kier alpha value is -2.38. The smallest absolute Gasteiger partial charge is 0.183 e. The quantitative estimate of drug-likeness (QED) is 0.540. The average molecular weight is 415 g/mol. The molecule has 1 aromatic carbocycles. The van der Waals surface area contributed by atoms with E-state index >= 15 is 0 Å². The number of aromatic nitrogens is 2. The second-order valence-electron chi connectivity index (χ2n) is 8.14. The molecule has 6 nitrogen and oxygen atoms in total. The van der Waals surface area contributed by atoms with Crippen LogP contribution < -0.4 is 20.5 Å². The van der Waals surface area contributed by atoms with Gasteiger partial charge in [0.15, 0.2) is 5.13 Å². The summed E-state index contributed by atoms with van der Waals surface area (Å²) in [4.78, 5) is 9.60. The zero-order valence-electron chi connectivity index (χ0n) is 18.0. The van der Waals surface area contributed by atoms with E-state index in [4.69, 9.17) is 25.2 Å². The Labute approximate surface area is 176 Å². The van der Waals surface area contributed by atoms with Gasteiger partial charge in [0.2, 0.25) is 0 Å². The fraction of sp³-hybridized carbons (Fsp3) is 0.455. The van der Waals surface area contributed by atoms with E-state index in [9.17, 15) is 0 Å². The maximum absolute atomic E-state index is 6.07. The van der Waals surface area contributed by atoms with Crippen LogP contribution in [0.4, 0.5) is 5.13 Å². The number of hydrogen-bond acceptors (Lipinski definition) is 7. The number of rotatable bonds is 8. The van der Waals surface area contributed by atoms with Crippen LogP contribution in [0.15, 0.2) is 23.6 Å². The van der Waals surface area contributed by atoms with Gasteiger partial charge in [0.05, 0.1) is 17.8 Å². The second kappa shape index (κ2) is 8.55. The number of anilines is 1. The number of nitrogens with two attached hydrogens (primary N) is 1. The summed E-state index contributed by atoms with van der Waals surface area (Å²) in [5, 5.41) is 7.20. The number of nitrogens with one attached hydrogen (secondary N) is 1. The number of nitrogens with zero attached hydrogens (tertiary/aromatic N) is 2. The van der Waals surface area contributed by atoms with Crippen LogP contribution in [0, 0.1) is 6.92 Å². The highest BCUT2D eigenvalue weighted by Gasteiger charge is 2.17. The Morgan fingerprint density at radius 1 is 1.14 bits per heavy atom. The first-order valence-corrected chi connectivity index (χ1v) is 10.8. The summed E-state index contributed by atoms with van der Waals surface area (Å²) in [5.74, 6) is 1.58. The van der Waals surface area contributed by atoms with Crippen LogP contribution in [-0.4, -0.2) is 34.8 Å². The fourth-order valence-corrected chi connectivity index (χ4v) is 3.76. The lowest BCUT2D eigenvalue weighted by atomic mass is 10.1. The monoisotopic (exact) mass is 414 g/mol. The molecule has 2 aromatic heterocycles. The minimum atomic E-state index is -0.409. The van der Waals surface area contributed by atoms with Gasteiger partial charge in [-0.15, -0.1) is 11.3 Å². The zero-order chi connectivity index (χ0) is 21.2. The number of ether oxygens (including phenoxy) is 2. The molecule has 0 atom stereocenters. The highest BCUT2D eigenvalue weighted by molar-refractivity contribution is 7.14. The van der Waals surface area contributed by atoms with Crippen molar-refractivity contribution in [1.29, 1.82) is 0 Å². The van der Waals surface area contributed by atoms with E-state index in [1.54, 1.807) is 11.3 Å². The van der Waals surface area contributed by atoms with Crippen molar-refractivity contribution in [3.63, 3.8) is 0 Å². The zero-order valence-corrected chi connectivity index (χ0v) is 18.8. The molecular weight excluding hydrogens is 384 g/mol. The van der Waals surface area contributed by atoms with Crippen molar-refractivity contribution in [2.45, 2.75) is 53.1 Å². The van der Waals surface area contributed by atoms with Crippen molar-refractivity contribution in [2.24, 2.45) is 5.73 Å². The minimum absolute atomic E-state index is 0.325. The van der Waals surface area contributed by atoms with Crippen molar-refractivity contribution in [3.8, 4) is 22.9 Å². The summed E-state index contributed by atoms with van der Waals surface area (Å²) in [5.41, 5.74) is 9.09. The number of pyridine rings is 1. The summed E-state index contributed by atoms with van der Waals surface area (Å²) >= 11 is 1.57. The number of hydrogen-bond donors (Lipinski definition) is 2. The molecule has 2 heterocycles. The van der Waals surface area contributed by atoms with E-state index in [1.807, 2.05) is 51.3 Å². The molecule has 0 fully saturated rings. The van der Waals surface area contributed by atoms with Gasteiger partial charge in [0.1, 0.15) is 23.8 Å². The van der Waals surface area contributed by atoms with Crippen molar-refractivity contribution in [2.75, 3.05) is 18.5 Å². The molecule has 156 valence electrons. The maximum atomic E-state index is 6.07. The molecular formula is C22H30N4O2S. The Bertz CT molecular complexity index is 992. The second-order valence-corrected chi connectivity index (χ2v) is 9.00. The molecule has 3 N–H and O–H groups in total.